The maximum absolute atomic E-state index is 12.3. The predicted octanol–water partition coefficient (Wildman–Crippen LogP) is 2.33. The maximum atomic E-state index is 12.3. The van der Waals surface area contributed by atoms with Crippen LogP contribution < -0.4 is 11.1 Å². The quantitative estimate of drug-likeness (QED) is 0.890. The molecule has 3 N–H and O–H groups in total. The summed E-state index contributed by atoms with van der Waals surface area (Å²) in [5.41, 5.74) is 6.99. The van der Waals surface area contributed by atoms with Crippen LogP contribution in [0.2, 0.25) is 0 Å². The molecule has 2 heterocycles. The van der Waals surface area contributed by atoms with Crippen LogP contribution in [0.1, 0.15) is 17.8 Å². The fourth-order valence-corrected chi connectivity index (χ4v) is 3.59. The third-order valence-corrected chi connectivity index (χ3v) is 4.87. The Morgan fingerprint density at radius 2 is 2.09 bits per heavy atom. The van der Waals surface area contributed by atoms with Crippen molar-refractivity contribution in [1.82, 2.24) is 9.88 Å². The van der Waals surface area contributed by atoms with Crippen molar-refractivity contribution in [2.75, 3.05) is 18.4 Å². The molecule has 1 aromatic heterocycles. The molecule has 0 atom stereocenters. The zero-order valence-electron chi connectivity index (χ0n) is 12.3. The van der Waals surface area contributed by atoms with Crippen molar-refractivity contribution >= 4 is 39.2 Å². The van der Waals surface area contributed by atoms with Crippen molar-refractivity contribution < 1.29 is 9.59 Å². The average Bonchev–Trinajstić information content (AvgIpc) is 2.86. The molecule has 7 heteroatoms. The Balaban J connectivity index is 1.64. The fraction of sp³-hybridized carbons (Fsp3) is 0.400. The number of aryl methyl sites for hydroxylation is 1. The number of primary amides is 1. The lowest BCUT2D eigenvalue weighted by atomic mass is 9.96. The molecule has 3 rings (SSSR count). The third kappa shape index (κ3) is 3.04. The third-order valence-electron chi connectivity index (χ3n) is 3.94. The Hall–Kier alpha value is -2.15. The summed E-state index contributed by atoms with van der Waals surface area (Å²) in [6.07, 6.45) is 1.30. The number of piperidine rings is 1. The van der Waals surface area contributed by atoms with Crippen LogP contribution >= 0.6 is 11.3 Å². The Bertz CT molecular complexity index is 719. The first kappa shape index (κ1) is 14.8. The van der Waals surface area contributed by atoms with Crippen LogP contribution in [-0.4, -0.2) is 34.9 Å². The molecule has 3 amide bonds. The van der Waals surface area contributed by atoms with E-state index in [1.165, 1.54) is 0 Å². The number of amides is 3. The Morgan fingerprint density at radius 1 is 1.36 bits per heavy atom. The van der Waals surface area contributed by atoms with E-state index in [1.807, 2.05) is 25.1 Å². The number of carbonyl (C=O) groups is 2. The van der Waals surface area contributed by atoms with Crippen LogP contribution in [0.4, 0.5) is 10.5 Å². The molecule has 0 bridgehead atoms. The molecule has 0 spiro atoms. The number of hydrogen-bond donors (Lipinski definition) is 2. The monoisotopic (exact) mass is 318 g/mol. The largest absolute Gasteiger partial charge is 0.351 e. The highest BCUT2D eigenvalue weighted by Gasteiger charge is 2.26. The molecule has 1 aliphatic rings. The van der Waals surface area contributed by atoms with Gasteiger partial charge in [-0.15, -0.1) is 11.3 Å². The van der Waals surface area contributed by atoms with Crippen molar-refractivity contribution in [2.24, 2.45) is 11.7 Å². The standard InChI is InChI=1S/C15H18N4O2S/c1-9-17-12-3-2-11(8-13(12)22-9)18-14(20)10-4-6-19(7-5-10)15(16)21/h2-3,8,10H,4-7H2,1H3,(H2,16,21)(H,18,20). The van der Waals surface area contributed by atoms with Crippen LogP contribution in [0.5, 0.6) is 0 Å². The first-order valence-corrected chi connectivity index (χ1v) is 8.07. The van der Waals surface area contributed by atoms with E-state index < -0.39 is 6.03 Å². The minimum atomic E-state index is -0.412. The molecule has 0 saturated carbocycles. The van der Waals surface area contributed by atoms with Gasteiger partial charge in [-0.05, 0) is 38.0 Å². The number of likely N-dealkylation sites (tertiary alicyclic amines) is 1. The van der Waals surface area contributed by atoms with Gasteiger partial charge in [0.2, 0.25) is 5.91 Å². The van der Waals surface area contributed by atoms with E-state index in [0.29, 0.717) is 25.9 Å². The predicted molar refractivity (Wildman–Crippen MR) is 86.9 cm³/mol. The summed E-state index contributed by atoms with van der Waals surface area (Å²) in [7, 11) is 0. The number of urea groups is 1. The first-order valence-electron chi connectivity index (χ1n) is 7.25. The Labute approximate surface area is 132 Å². The SMILES string of the molecule is Cc1nc2ccc(NC(=O)C3CCN(C(N)=O)CC3)cc2s1. The molecule has 0 radical (unpaired) electrons. The van der Waals surface area contributed by atoms with Gasteiger partial charge in [0.15, 0.2) is 0 Å². The van der Waals surface area contributed by atoms with E-state index in [4.69, 9.17) is 5.73 Å². The van der Waals surface area contributed by atoms with Gasteiger partial charge in [0, 0.05) is 24.7 Å². The molecule has 1 fully saturated rings. The minimum absolute atomic E-state index is 0.00436. The lowest BCUT2D eigenvalue weighted by Gasteiger charge is -2.29. The number of thiazole rings is 1. The highest BCUT2D eigenvalue weighted by atomic mass is 32.1. The second-order valence-electron chi connectivity index (χ2n) is 5.50. The van der Waals surface area contributed by atoms with Gasteiger partial charge in [-0.1, -0.05) is 0 Å². The van der Waals surface area contributed by atoms with Gasteiger partial charge in [0.1, 0.15) is 0 Å². The van der Waals surface area contributed by atoms with Crippen molar-refractivity contribution in [2.45, 2.75) is 19.8 Å². The van der Waals surface area contributed by atoms with Gasteiger partial charge in [0.25, 0.3) is 0 Å². The number of benzene rings is 1. The number of hydrogen-bond acceptors (Lipinski definition) is 4. The summed E-state index contributed by atoms with van der Waals surface area (Å²) in [6, 6.07) is 5.34. The summed E-state index contributed by atoms with van der Waals surface area (Å²) in [5, 5.41) is 3.97. The van der Waals surface area contributed by atoms with Crippen molar-refractivity contribution in [3.63, 3.8) is 0 Å². The van der Waals surface area contributed by atoms with E-state index in [-0.39, 0.29) is 11.8 Å². The summed E-state index contributed by atoms with van der Waals surface area (Å²) in [6.45, 7) is 3.05. The highest BCUT2D eigenvalue weighted by molar-refractivity contribution is 7.18. The lowest BCUT2D eigenvalue weighted by molar-refractivity contribution is -0.121. The molecule has 2 aromatic rings. The number of rotatable bonds is 2. The lowest BCUT2D eigenvalue weighted by Crippen LogP contribution is -2.43. The number of aromatic nitrogens is 1. The molecule has 1 aliphatic heterocycles. The van der Waals surface area contributed by atoms with Crippen molar-refractivity contribution in [3.8, 4) is 0 Å². The van der Waals surface area contributed by atoms with Gasteiger partial charge in [-0.25, -0.2) is 9.78 Å². The van der Waals surface area contributed by atoms with Crippen LogP contribution in [0.3, 0.4) is 0 Å². The summed E-state index contributed by atoms with van der Waals surface area (Å²) >= 11 is 1.61. The molecule has 1 aromatic carbocycles. The second-order valence-corrected chi connectivity index (χ2v) is 6.74. The van der Waals surface area contributed by atoms with Crippen LogP contribution in [0, 0.1) is 12.8 Å². The molecule has 6 nitrogen and oxygen atoms in total. The first-order chi connectivity index (χ1) is 10.5. The van der Waals surface area contributed by atoms with Gasteiger partial charge >= 0.3 is 6.03 Å². The average molecular weight is 318 g/mol. The summed E-state index contributed by atoms with van der Waals surface area (Å²) < 4.78 is 1.07. The fourth-order valence-electron chi connectivity index (χ4n) is 2.72. The van der Waals surface area contributed by atoms with Crippen LogP contribution in [0.15, 0.2) is 18.2 Å². The van der Waals surface area contributed by atoms with Crippen molar-refractivity contribution in [1.29, 1.82) is 0 Å². The van der Waals surface area contributed by atoms with Gasteiger partial charge < -0.3 is 16.0 Å². The summed E-state index contributed by atoms with van der Waals surface area (Å²) in [5.74, 6) is -0.0702. The normalized spacial score (nSPS) is 16.0. The number of carbonyl (C=O) groups excluding carboxylic acids is 2. The molecular weight excluding hydrogens is 300 g/mol. The molecule has 0 unspecified atom stereocenters. The number of fused-ring (bicyclic) bond motifs is 1. The Morgan fingerprint density at radius 3 is 2.77 bits per heavy atom. The zero-order chi connectivity index (χ0) is 15.7. The van der Waals surface area contributed by atoms with Gasteiger partial charge in [0.05, 0.1) is 15.2 Å². The summed E-state index contributed by atoms with van der Waals surface area (Å²) in [4.78, 5) is 29.4. The molecule has 116 valence electrons. The maximum Gasteiger partial charge on any atom is 0.314 e. The van der Waals surface area contributed by atoms with Crippen molar-refractivity contribution in [3.05, 3.63) is 23.2 Å². The topological polar surface area (TPSA) is 88.3 Å². The van der Waals surface area contributed by atoms with Gasteiger partial charge in [-0.2, -0.15) is 0 Å². The molecule has 0 aliphatic carbocycles. The molecular formula is C15H18N4O2S. The van der Waals surface area contributed by atoms with Crippen LogP contribution in [-0.2, 0) is 4.79 Å². The van der Waals surface area contributed by atoms with E-state index in [2.05, 4.69) is 10.3 Å². The zero-order valence-corrected chi connectivity index (χ0v) is 13.2. The van der Waals surface area contributed by atoms with E-state index in [0.717, 1.165) is 20.9 Å². The highest BCUT2D eigenvalue weighted by Crippen LogP contribution is 2.26. The van der Waals surface area contributed by atoms with E-state index in [9.17, 15) is 9.59 Å². The Kier molecular flexibility index (Phi) is 3.98. The number of anilines is 1. The van der Waals surface area contributed by atoms with E-state index in [1.54, 1.807) is 16.2 Å². The second kappa shape index (κ2) is 5.92. The smallest absolute Gasteiger partial charge is 0.314 e. The number of nitrogens with two attached hydrogens (primary N) is 1. The van der Waals surface area contributed by atoms with Crippen LogP contribution in [0.25, 0.3) is 10.2 Å². The molecule has 1 saturated heterocycles. The van der Waals surface area contributed by atoms with Gasteiger partial charge in [-0.3, -0.25) is 4.79 Å². The molecule has 22 heavy (non-hydrogen) atoms. The number of nitrogens with zero attached hydrogens (tertiary/aromatic N) is 2. The number of nitrogens with one attached hydrogen (secondary N) is 1. The minimum Gasteiger partial charge on any atom is -0.351 e. The van der Waals surface area contributed by atoms with E-state index >= 15 is 0 Å².